The van der Waals surface area contributed by atoms with Crippen LogP contribution < -0.4 is 10.6 Å². The molecule has 0 bridgehead atoms. The first-order valence-electron chi connectivity index (χ1n) is 4.64. The van der Waals surface area contributed by atoms with Crippen LogP contribution in [0, 0.1) is 0 Å². The number of rotatable bonds is 1. The maximum Gasteiger partial charge on any atom is 0.408 e. The van der Waals surface area contributed by atoms with E-state index in [1.54, 1.807) is 0 Å². The maximum atomic E-state index is 11.3. The molecule has 1 aliphatic heterocycles. The molecule has 0 unspecified atom stereocenters. The van der Waals surface area contributed by atoms with Crippen molar-refractivity contribution in [3.8, 4) is 0 Å². The van der Waals surface area contributed by atoms with Crippen LogP contribution in [0.5, 0.6) is 0 Å². The largest absolute Gasteiger partial charge is 0.444 e. The van der Waals surface area contributed by atoms with E-state index in [4.69, 9.17) is 4.74 Å². The minimum absolute atomic E-state index is 0.0671. The molecule has 0 aliphatic carbocycles. The van der Waals surface area contributed by atoms with Gasteiger partial charge in [-0.15, -0.1) is 0 Å². The summed E-state index contributed by atoms with van der Waals surface area (Å²) in [6.45, 7) is 9.49. The second-order valence-corrected chi connectivity index (χ2v) is 4.88. The standard InChI is InChI=1S/C9H18N2O2/c1-8(2,3)13-7(12)11-9(4)5-10-6-9/h10H,5-6H2,1-4H3,(H,11,12)/p+1. The van der Waals surface area contributed by atoms with Crippen LogP contribution in [-0.2, 0) is 4.74 Å². The number of hydrogen-bond acceptors (Lipinski definition) is 2. The van der Waals surface area contributed by atoms with Crippen molar-refractivity contribution in [1.29, 1.82) is 0 Å². The number of nitrogens with one attached hydrogen (secondary N) is 1. The second kappa shape index (κ2) is 3.18. The molecule has 1 saturated heterocycles. The van der Waals surface area contributed by atoms with E-state index in [1.165, 1.54) is 0 Å². The van der Waals surface area contributed by atoms with E-state index in [0.29, 0.717) is 0 Å². The SMILES string of the molecule is CC1(NC(=O)OC(C)(C)C)C[NH2+]C1. The van der Waals surface area contributed by atoms with Gasteiger partial charge >= 0.3 is 6.09 Å². The molecule has 0 aromatic rings. The molecule has 1 fully saturated rings. The highest BCUT2D eigenvalue weighted by Crippen LogP contribution is 2.09. The third-order valence-corrected chi connectivity index (χ3v) is 1.99. The van der Waals surface area contributed by atoms with E-state index < -0.39 is 5.60 Å². The number of alkyl carbamates (subject to hydrolysis) is 1. The summed E-state index contributed by atoms with van der Waals surface area (Å²) in [5.41, 5.74) is -0.476. The van der Waals surface area contributed by atoms with E-state index in [0.717, 1.165) is 13.1 Å². The molecule has 0 atom stereocenters. The van der Waals surface area contributed by atoms with Crippen LogP contribution in [0.1, 0.15) is 27.7 Å². The van der Waals surface area contributed by atoms with Crippen molar-refractivity contribution in [1.82, 2.24) is 5.32 Å². The Morgan fingerprint density at radius 3 is 2.31 bits per heavy atom. The zero-order valence-electron chi connectivity index (χ0n) is 8.81. The average molecular weight is 187 g/mol. The topological polar surface area (TPSA) is 54.9 Å². The number of amides is 1. The van der Waals surface area contributed by atoms with Crippen LogP contribution in [0.25, 0.3) is 0 Å². The van der Waals surface area contributed by atoms with Gasteiger partial charge in [-0.1, -0.05) is 0 Å². The lowest BCUT2D eigenvalue weighted by atomic mass is 9.96. The summed E-state index contributed by atoms with van der Waals surface area (Å²) in [7, 11) is 0. The van der Waals surface area contributed by atoms with E-state index in [9.17, 15) is 4.79 Å². The van der Waals surface area contributed by atoms with Crippen LogP contribution >= 0.6 is 0 Å². The summed E-state index contributed by atoms with van der Waals surface area (Å²) in [5.74, 6) is 0. The smallest absolute Gasteiger partial charge is 0.408 e. The van der Waals surface area contributed by atoms with Crippen molar-refractivity contribution in [3.63, 3.8) is 0 Å². The molecule has 1 rings (SSSR count). The number of quaternary nitrogens is 1. The van der Waals surface area contributed by atoms with E-state index >= 15 is 0 Å². The Kier molecular flexibility index (Phi) is 2.52. The van der Waals surface area contributed by atoms with Gasteiger partial charge in [0.15, 0.2) is 0 Å². The summed E-state index contributed by atoms with van der Waals surface area (Å²) in [4.78, 5) is 11.3. The van der Waals surface area contributed by atoms with Gasteiger partial charge in [-0.3, -0.25) is 0 Å². The lowest BCUT2D eigenvalue weighted by molar-refractivity contribution is -0.725. The highest BCUT2D eigenvalue weighted by molar-refractivity contribution is 5.68. The molecule has 76 valence electrons. The number of hydrogen-bond donors (Lipinski definition) is 2. The van der Waals surface area contributed by atoms with Crippen LogP contribution in [0.15, 0.2) is 0 Å². The maximum absolute atomic E-state index is 11.3. The molecule has 0 radical (unpaired) electrons. The average Bonchev–Trinajstić information content (AvgIpc) is 1.79. The van der Waals surface area contributed by atoms with Crippen LogP contribution in [0.3, 0.4) is 0 Å². The minimum Gasteiger partial charge on any atom is -0.444 e. The van der Waals surface area contributed by atoms with Gasteiger partial charge < -0.3 is 15.4 Å². The first kappa shape index (κ1) is 10.3. The molecule has 0 aromatic heterocycles. The molecular weight excluding hydrogens is 168 g/mol. The van der Waals surface area contributed by atoms with E-state index in [-0.39, 0.29) is 11.6 Å². The number of carbonyl (C=O) groups is 1. The minimum atomic E-state index is -0.409. The summed E-state index contributed by atoms with van der Waals surface area (Å²) >= 11 is 0. The van der Waals surface area contributed by atoms with E-state index in [1.807, 2.05) is 27.7 Å². The Hall–Kier alpha value is -0.770. The molecule has 13 heavy (non-hydrogen) atoms. The number of nitrogens with two attached hydrogens (primary N) is 1. The Balaban J connectivity index is 2.33. The quantitative estimate of drug-likeness (QED) is 0.599. The highest BCUT2D eigenvalue weighted by Gasteiger charge is 2.39. The van der Waals surface area contributed by atoms with Gasteiger partial charge in [0.25, 0.3) is 0 Å². The van der Waals surface area contributed by atoms with Crippen molar-refractivity contribution in [2.75, 3.05) is 13.1 Å². The second-order valence-electron chi connectivity index (χ2n) is 4.88. The number of ether oxygens (including phenoxy) is 1. The van der Waals surface area contributed by atoms with Crippen molar-refractivity contribution in [2.45, 2.75) is 38.8 Å². The third-order valence-electron chi connectivity index (χ3n) is 1.99. The van der Waals surface area contributed by atoms with Crippen LogP contribution in [-0.4, -0.2) is 30.3 Å². The van der Waals surface area contributed by atoms with Gasteiger partial charge in [0.1, 0.15) is 24.2 Å². The Morgan fingerprint density at radius 1 is 1.46 bits per heavy atom. The molecule has 0 spiro atoms. The van der Waals surface area contributed by atoms with Gasteiger partial charge in [0.2, 0.25) is 0 Å². The zero-order valence-corrected chi connectivity index (χ0v) is 8.81. The monoisotopic (exact) mass is 187 g/mol. The zero-order chi connectivity index (χ0) is 10.1. The van der Waals surface area contributed by atoms with Crippen LogP contribution in [0.2, 0.25) is 0 Å². The summed E-state index contributed by atoms with van der Waals surface area (Å²) < 4.78 is 5.15. The third kappa shape index (κ3) is 3.22. The summed E-state index contributed by atoms with van der Waals surface area (Å²) in [6, 6.07) is 0. The first-order chi connectivity index (χ1) is 5.81. The molecule has 0 aromatic carbocycles. The molecule has 1 aliphatic rings. The normalized spacial score (nSPS) is 20.3. The van der Waals surface area contributed by atoms with E-state index in [2.05, 4.69) is 10.6 Å². The predicted octanol–water partition coefficient (Wildman–Crippen LogP) is -0.153. The van der Waals surface area contributed by atoms with Gasteiger partial charge in [0, 0.05) is 0 Å². The van der Waals surface area contributed by atoms with Crippen molar-refractivity contribution in [2.24, 2.45) is 0 Å². The summed E-state index contributed by atoms with van der Waals surface area (Å²) in [5, 5.41) is 5.01. The predicted molar refractivity (Wildman–Crippen MR) is 49.4 cm³/mol. The molecule has 3 N–H and O–H groups in total. The Labute approximate surface area is 79.0 Å². The molecule has 4 heteroatoms. The Bertz CT molecular complexity index is 204. The molecule has 0 saturated carbocycles. The lowest BCUT2D eigenvalue weighted by Crippen LogP contribution is -3.04. The van der Waals surface area contributed by atoms with Crippen molar-refractivity contribution in [3.05, 3.63) is 0 Å². The molecule has 4 nitrogen and oxygen atoms in total. The molecule has 1 heterocycles. The van der Waals surface area contributed by atoms with Gasteiger partial charge in [-0.25, -0.2) is 4.79 Å². The fourth-order valence-electron chi connectivity index (χ4n) is 1.23. The number of carbonyl (C=O) groups excluding carboxylic acids is 1. The van der Waals surface area contributed by atoms with Crippen LogP contribution in [0.4, 0.5) is 4.79 Å². The highest BCUT2D eigenvalue weighted by atomic mass is 16.6. The Morgan fingerprint density at radius 2 is 2.00 bits per heavy atom. The molecular formula is C9H19N2O2+. The molecule has 1 amide bonds. The fourth-order valence-corrected chi connectivity index (χ4v) is 1.23. The van der Waals surface area contributed by atoms with Gasteiger partial charge in [-0.2, -0.15) is 0 Å². The van der Waals surface area contributed by atoms with Gasteiger partial charge in [-0.05, 0) is 27.7 Å². The van der Waals surface area contributed by atoms with Gasteiger partial charge in [0.05, 0.1) is 0 Å². The van der Waals surface area contributed by atoms with Crippen molar-refractivity contribution >= 4 is 6.09 Å². The van der Waals surface area contributed by atoms with Crippen molar-refractivity contribution < 1.29 is 14.8 Å². The first-order valence-corrected chi connectivity index (χ1v) is 4.64. The lowest BCUT2D eigenvalue weighted by Gasteiger charge is -2.36. The summed E-state index contributed by atoms with van der Waals surface area (Å²) in [6.07, 6.45) is -0.317. The fraction of sp³-hybridized carbons (Fsp3) is 0.889.